The molecule has 3 atom stereocenters. The summed E-state index contributed by atoms with van der Waals surface area (Å²) < 4.78 is 0. The van der Waals surface area contributed by atoms with Crippen LogP contribution in [0.15, 0.2) is 71.7 Å². The molecule has 2 aliphatic rings. The average molecular weight is 565 g/mol. The highest BCUT2D eigenvalue weighted by Crippen LogP contribution is 2.36. The van der Waals surface area contributed by atoms with E-state index in [4.69, 9.17) is 33.9 Å². The zero-order valence-electron chi connectivity index (χ0n) is 22.2. The summed E-state index contributed by atoms with van der Waals surface area (Å²) >= 11 is 12.6. The number of halogens is 2. The van der Waals surface area contributed by atoms with Gasteiger partial charge in [0.2, 0.25) is 5.91 Å². The molecule has 1 saturated heterocycles. The molecule has 4 N–H and O–H groups in total. The smallest absolute Gasteiger partial charge is 0.218 e. The Labute approximate surface area is 240 Å². The van der Waals surface area contributed by atoms with Gasteiger partial charge in [-0.1, -0.05) is 65.7 Å². The largest absolute Gasteiger partial charge is 0.370 e. The van der Waals surface area contributed by atoms with Gasteiger partial charge in [-0.2, -0.15) is 0 Å². The molecule has 39 heavy (non-hydrogen) atoms. The Hall–Kier alpha value is -3.06. The van der Waals surface area contributed by atoms with Crippen LogP contribution < -0.4 is 16.4 Å². The van der Waals surface area contributed by atoms with Gasteiger partial charge < -0.3 is 21.3 Å². The molecule has 204 valence electrons. The van der Waals surface area contributed by atoms with E-state index >= 15 is 0 Å². The second-order valence-electron chi connectivity index (χ2n) is 10.5. The van der Waals surface area contributed by atoms with Crippen molar-refractivity contribution in [3.8, 4) is 0 Å². The lowest BCUT2D eigenvalue weighted by Crippen LogP contribution is -2.53. The molecule has 0 saturated carbocycles. The molecule has 1 aliphatic heterocycles. The average Bonchev–Trinajstić information content (AvgIpc) is 2.92. The molecule has 1 fully saturated rings. The number of guanidine groups is 1. The van der Waals surface area contributed by atoms with Crippen LogP contribution in [0.5, 0.6) is 0 Å². The Kier molecular flexibility index (Phi) is 8.75. The molecule has 8 heteroatoms. The molecule has 1 heterocycles. The first-order chi connectivity index (χ1) is 18.9. The number of carbonyl (C=O) groups is 1. The van der Waals surface area contributed by atoms with Gasteiger partial charge in [-0.3, -0.25) is 4.79 Å². The van der Waals surface area contributed by atoms with Gasteiger partial charge in [-0.05, 0) is 72.7 Å². The standard InChI is InChI=1S/C31H35Cl2N5O/c1-20-19-38(16-15-35-20)31(37-29-8-4-6-21-5-2-3-7-25(21)29)36-24-12-9-22(10-13-24)27(18-30(34)39)26-14-11-23(32)17-28(26)33/h2-3,5,7,9-14,17,20,27,29,35H,4,6,8,15-16,18-19H2,1H3,(H2,34,39)(H,36,37)/t20-,27?,29?/m0/s1. The van der Waals surface area contributed by atoms with Crippen LogP contribution in [0.3, 0.4) is 0 Å². The topological polar surface area (TPSA) is 82.8 Å². The molecule has 6 nitrogen and oxygen atoms in total. The first kappa shape index (κ1) is 27.5. The Morgan fingerprint density at radius 3 is 2.69 bits per heavy atom. The maximum absolute atomic E-state index is 11.9. The molecule has 1 aliphatic carbocycles. The lowest BCUT2D eigenvalue weighted by atomic mass is 9.88. The van der Waals surface area contributed by atoms with Crippen molar-refractivity contribution in [2.75, 3.05) is 25.0 Å². The van der Waals surface area contributed by atoms with Crippen LogP contribution in [-0.2, 0) is 11.2 Å². The maximum Gasteiger partial charge on any atom is 0.218 e. The number of aliphatic imine (C=N–C) groups is 1. The van der Waals surface area contributed by atoms with Crippen molar-refractivity contribution in [3.05, 3.63) is 99.0 Å². The van der Waals surface area contributed by atoms with E-state index < -0.39 is 0 Å². The summed E-state index contributed by atoms with van der Waals surface area (Å²) in [5, 5.41) is 8.22. The number of nitrogens with zero attached hydrogens (tertiary/aromatic N) is 2. The Morgan fingerprint density at radius 1 is 1.15 bits per heavy atom. The van der Waals surface area contributed by atoms with E-state index in [2.05, 4.69) is 46.7 Å². The number of carbonyl (C=O) groups excluding carboxylic acids is 1. The number of nitrogens with two attached hydrogens (primary N) is 1. The molecule has 0 aromatic heterocycles. The third-order valence-corrected chi connectivity index (χ3v) is 8.16. The Morgan fingerprint density at radius 2 is 1.95 bits per heavy atom. The number of benzene rings is 3. The van der Waals surface area contributed by atoms with E-state index in [1.165, 1.54) is 11.1 Å². The zero-order chi connectivity index (χ0) is 27.4. The molecule has 2 unspecified atom stereocenters. The predicted molar refractivity (Wildman–Crippen MR) is 161 cm³/mol. The van der Waals surface area contributed by atoms with Gasteiger partial charge in [0.15, 0.2) is 5.96 Å². The van der Waals surface area contributed by atoms with Crippen LogP contribution in [0.2, 0.25) is 10.0 Å². The summed E-state index contributed by atoms with van der Waals surface area (Å²) in [4.78, 5) is 19.6. The van der Waals surface area contributed by atoms with Crippen LogP contribution in [0.1, 0.15) is 60.4 Å². The summed E-state index contributed by atoms with van der Waals surface area (Å²) in [6.45, 7) is 4.89. The first-order valence-corrected chi connectivity index (χ1v) is 14.4. The Balaban J connectivity index is 1.43. The predicted octanol–water partition coefficient (Wildman–Crippen LogP) is 6.14. The molecule has 5 rings (SSSR count). The minimum atomic E-state index is -0.386. The maximum atomic E-state index is 11.9. The second-order valence-corrected chi connectivity index (χ2v) is 11.3. The van der Waals surface area contributed by atoms with E-state index in [0.717, 1.165) is 61.7 Å². The molecule has 1 amide bonds. The van der Waals surface area contributed by atoms with Crippen LogP contribution in [0.25, 0.3) is 0 Å². The van der Waals surface area contributed by atoms with Crippen molar-refractivity contribution in [1.82, 2.24) is 10.2 Å². The fourth-order valence-corrected chi connectivity index (χ4v) is 6.19. The van der Waals surface area contributed by atoms with Crippen molar-refractivity contribution in [3.63, 3.8) is 0 Å². The van der Waals surface area contributed by atoms with E-state index in [0.29, 0.717) is 16.1 Å². The fourth-order valence-electron chi connectivity index (χ4n) is 5.65. The summed E-state index contributed by atoms with van der Waals surface area (Å²) in [5.74, 6) is 0.248. The van der Waals surface area contributed by atoms with Crippen molar-refractivity contribution < 1.29 is 4.79 Å². The number of nitrogens with one attached hydrogen (secondary N) is 2. The quantitative estimate of drug-likeness (QED) is 0.248. The number of fused-ring (bicyclic) bond motifs is 1. The van der Waals surface area contributed by atoms with Crippen molar-refractivity contribution in [2.24, 2.45) is 10.7 Å². The zero-order valence-corrected chi connectivity index (χ0v) is 23.7. The normalized spacial score (nSPS) is 20.3. The lowest BCUT2D eigenvalue weighted by molar-refractivity contribution is -0.118. The monoisotopic (exact) mass is 563 g/mol. The molecular weight excluding hydrogens is 529 g/mol. The summed E-state index contributed by atoms with van der Waals surface area (Å²) in [6.07, 6.45) is 3.45. The molecule has 0 radical (unpaired) electrons. The van der Waals surface area contributed by atoms with E-state index in [-0.39, 0.29) is 24.3 Å². The third-order valence-electron chi connectivity index (χ3n) is 7.60. The number of rotatable bonds is 6. The van der Waals surface area contributed by atoms with Gasteiger partial charge in [0.25, 0.3) is 0 Å². The van der Waals surface area contributed by atoms with Gasteiger partial charge in [-0.15, -0.1) is 0 Å². The number of hydrogen-bond donors (Lipinski definition) is 3. The van der Waals surface area contributed by atoms with Gasteiger partial charge in [0.05, 0.1) is 6.04 Å². The van der Waals surface area contributed by atoms with Crippen molar-refractivity contribution in [1.29, 1.82) is 0 Å². The fraction of sp³-hybridized carbons (Fsp3) is 0.355. The minimum Gasteiger partial charge on any atom is -0.370 e. The lowest BCUT2D eigenvalue weighted by Gasteiger charge is -2.35. The highest BCUT2D eigenvalue weighted by Gasteiger charge is 2.25. The molecule has 0 spiro atoms. The van der Waals surface area contributed by atoms with Crippen LogP contribution in [0.4, 0.5) is 5.69 Å². The highest BCUT2D eigenvalue weighted by atomic mass is 35.5. The van der Waals surface area contributed by atoms with Crippen LogP contribution >= 0.6 is 23.2 Å². The number of hydrogen-bond acceptors (Lipinski definition) is 3. The van der Waals surface area contributed by atoms with Crippen LogP contribution in [-0.4, -0.2) is 42.4 Å². The van der Waals surface area contributed by atoms with Crippen molar-refractivity contribution >= 4 is 40.8 Å². The van der Waals surface area contributed by atoms with Gasteiger partial charge >= 0.3 is 0 Å². The number of amides is 1. The summed E-state index contributed by atoms with van der Waals surface area (Å²) in [7, 11) is 0. The van der Waals surface area contributed by atoms with Crippen LogP contribution in [0, 0.1) is 0 Å². The number of primary amides is 1. The molecular formula is C31H35Cl2N5O. The minimum absolute atomic E-state index is 0.133. The third kappa shape index (κ3) is 6.75. The second kappa shape index (κ2) is 12.4. The summed E-state index contributed by atoms with van der Waals surface area (Å²) in [5.41, 5.74) is 11.1. The van der Waals surface area contributed by atoms with Gasteiger partial charge in [0, 0.05) is 53.7 Å². The van der Waals surface area contributed by atoms with E-state index in [1.807, 2.05) is 30.3 Å². The SMILES string of the molecule is C[C@H]1CN(C(=NC2CCCc3ccccc32)Nc2ccc(C(CC(N)=O)c3ccc(Cl)cc3Cl)cc2)CCN1. The molecule has 0 bridgehead atoms. The van der Waals surface area contributed by atoms with Gasteiger partial charge in [0.1, 0.15) is 0 Å². The number of anilines is 1. The molecule has 3 aromatic carbocycles. The van der Waals surface area contributed by atoms with Gasteiger partial charge in [-0.25, -0.2) is 4.99 Å². The van der Waals surface area contributed by atoms with E-state index in [9.17, 15) is 4.79 Å². The van der Waals surface area contributed by atoms with Crippen molar-refractivity contribution in [2.45, 2.75) is 50.6 Å². The highest BCUT2D eigenvalue weighted by molar-refractivity contribution is 6.35. The van der Waals surface area contributed by atoms with E-state index in [1.54, 1.807) is 12.1 Å². The number of piperazine rings is 1. The summed E-state index contributed by atoms with van der Waals surface area (Å²) in [6, 6.07) is 22.6. The Bertz CT molecular complexity index is 1340. The first-order valence-electron chi connectivity index (χ1n) is 13.6. The number of aryl methyl sites for hydroxylation is 1. The molecule has 3 aromatic rings.